The van der Waals surface area contributed by atoms with E-state index in [1.807, 2.05) is 20.8 Å². The van der Waals surface area contributed by atoms with Gasteiger partial charge in [0, 0.05) is 5.41 Å². The van der Waals surface area contributed by atoms with Crippen LogP contribution in [0.25, 0.3) is 0 Å². The third-order valence-corrected chi connectivity index (χ3v) is 0.920. The molecule has 0 aromatic carbocycles. The van der Waals surface area contributed by atoms with Gasteiger partial charge in [0.2, 0.25) is 5.78 Å². The second-order valence-corrected chi connectivity index (χ2v) is 2.95. The van der Waals surface area contributed by atoms with Crippen LogP contribution in [-0.4, -0.2) is 5.78 Å². The molecule has 0 saturated carbocycles. The number of Topliss-reactive ketones (excluding diaryl/α,β-unsaturated/α-hetero) is 1. The molecule has 0 radical (unpaired) electrons. The van der Waals surface area contributed by atoms with Crippen molar-refractivity contribution in [3.8, 4) is 11.8 Å². The Labute approximate surface area is 56.5 Å². The largest absolute Gasteiger partial charge is 0.284 e. The van der Waals surface area contributed by atoms with Crippen LogP contribution in [0.15, 0.2) is 0 Å². The highest BCUT2D eigenvalue weighted by atomic mass is 16.1. The lowest BCUT2D eigenvalue weighted by Crippen LogP contribution is -2.17. The van der Waals surface area contributed by atoms with E-state index in [4.69, 9.17) is 0 Å². The predicted octanol–water partition coefficient (Wildman–Crippen LogP) is 1.62. The molecule has 0 aliphatic carbocycles. The zero-order valence-electron chi connectivity index (χ0n) is 6.41. The Morgan fingerprint density at radius 3 is 1.89 bits per heavy atom. The Kier molecular flexibility index (Phi) is 2.45. The molecule has 0 atom stereocenters. The number of hydrogen-bond donors (Lipinski definition) is 0. The smallest absolute Gasteiger partial charge is 0.210 e. The summed E-state index contributed by atoms with van der Waals surface area (Å²) >= 11 is 0. The molecule has 0 aromatic rings. The van der Waals surface area contributed by atoms with Crippen LogP contribution in [0.2, 0.25) is 0 Å². The van der Waals surface area contributed by atoms with Crippen LogP contribution in [0.4, 0.5) is 0 Å². The molecule has 0 spiro atoms. The number of hydrogen-bond acceptors (Lipinski definition) is 1. The first-order valence-electron chi connectivity index (χ1n) is 2.95. The second kappa shape index (κ2) is 2.68. The van der Waals surface area contributed by atoms with Gasteiger partial charge in [-0.2, -0.15) is 0 Å². The second-order valence-electron chi connectivity index (χ2n) is 2.95. The number of rotatable bonds is 0. The average Bonchev–Trinajstić information content (AvgIpc) is 1.64. The highest BCUT2D eigenvalue weighted by Crippen LogP contribution is 2.12. The van der Waals surface area contributed by atoms with Gasteiger partial charge >= 0.3 is 0 Å². The fourth-order valence-corrected chi connectivity index (χ4v) is 0.301. The van der Waals surface area contributed by atoms with Crippen molar-refractivity contribution in [3.05, 3.63) is 0 Å². The Bertz CT molecular complexity index is 161. The minimum Gasteiger partial charge on any atom is -0.284 e. The molecule has 0 unspecified atom stereocenters. The van der Waals surface area contributed by atoms with E-state index < -0.39 is 0 Å². The van der Waals surface area contributed by atoms with E-state index in [0.29, 0.717) is 0 Å². The lowest BCUT2D eigenvalue weighted by molar-refractivity contribution is -0.120. The van der Waals surface area contributed by atoms with Crippen molar-refractivity contribution in [1.29, 1.82) is 0 Å². The molecule has 0 aliphatic heterocycles. The third-order valence-electron chi connectivity index (χ3n) is 0.920. The minimum absolute atomic E-state index is 0.00463. The summed E-state index contributed by atoms with van der Waals surface area (Å²) < 4.78 is 0. The van der Waals surface area contributed by atoms with E-state index in [-0.39, 0.29) is 11.2 Å². The lowest BCUT2D eigenvalue weighted by atomic mass is 9.91. The number of carbonyl (C=O) groups is 1. The van der Waals surface area contributed by atoms with E-state index in [9.17, 15) is 4.79 Å². The van der Waals surface area contributed by atoms with Crippen molar-refractivity contribution in [1.82, 2.24) is 0 Å². The van der Waals surface area contributed by atoms with Crippen LogP contribution in [0, 0.1) is 17.3 Å². The van der Waals surface area contributed by atoms with Gasteiger partial charge in [0.15, 0.2) is 0 Å². The lowest BCUT2D eigenvalue weighted by Gasteiger charge is -2.10. The first kappa shape index (κ1) is 8.23. The summed E-state index contributed by atoms with van der Waals surface area (Å²) in [6.45, 7) is 7.25. The normalized spacial score (nSPS) is 9.78. The van der Waals surface area contributed by atoms with Crippen molar-refractivity contribution in [2.75, 3.05) is 0 Å². The van der Waals surface area contributed by atoms with Crippen LogP contribution in [0.5, 0.6) is 0 Å². The Hall–Kier alpha value is -0.770. The SMILES string of the molecule is CC#CC(=O)C(C)(C)C. The molecular weight excluding hydrogens is 112 g/mol. The molecule has 0 heterocycles. The van der Waals surface area contributed by atoms with Crippen LogP contribution < -0.4 is 0 Å². The molecule has 0 saturated heterocycles. The summed E-state index contributed by atoms with van der Waals surface area (Å²) in [6, 6.07) is 0. The first-order valence-corrected chi connectivity index (χ1v) is 2.95. The van der Waals surface area contributed by atoms with E-state index in [1.54, 1.807) is 6.92 Å². The Morgan fingerprint density at radius 2 is 1.78 bits per heavy atom. The van der Waals surface area contributed by atoms with Gasteiger partial charge in [-0.3, -0.25) is 4.79 Å². The molecule has 0 rings (SSSR count). The van der Waals surface area contributed by atoms with Crippen LogP contribution in [-0.2, 0) is 4.79 Å². The molecule has 1 nitrogen and oxygen atoms in total. The van der Waals surface area contributed by atoms with Gasteiger partial charge in [0.25, 0.3) is 0 Å². The van der Waals surface area contributed by atoms with Gasteiger partial charge in [-0.05, 0) is 12.8 Å². The van der Waals surface area contributed by atoms with Gasteiger partial charge in [0.1, 0.15) is 0 Å². The molecule has 0 N–H and O–H groups in total. The number of ketones is 1. The van der Waals surface area contributed by atoms with Gasteiger partial charge in [-0.25, -0.2) is 0 Å². The van der Waals surface area contributed by atoms with Crippen LogP contribution in [0.1, 0.15) is 27.7 Å². The van der Waals surface area contributed by atoms with Crippen LogP contribution >= 0.6 is 0 Å². The molecule has 0 aromatic heterocycles. The fourth-order valence-electron chi connectivity index (χ4n) is 0.301. The summed E-state index contributed by atoms with van der Waals surface area (Å²) in [5.74, 6) is 5.08. The fraction of sp³-hybridized carbons (Fsp3) is 0.625. The molecule has 0 bridgehead atoms. The average molecular weight is 124 g/mol. The van der Waals surface area contributed by atoms with Gasteiger partial charge < -0.3 is 0 Å². The number of carbonyl (C=O) groups excluding carboxylic acids is 1. The van der Waals surface area contributed by atoms with Crippen molar-refractivity contribution in [3.63, 3.8) is 0 Å². The molecule has 0 amide bonds. The molecule has 1 heteroatoms. The van der Waals surface area contributed by atoms with Gasteiger partial charge in [-0.1, -0.05) is 26.7 Å². The molecular formula is C8H12O. The molecule has 0 fully saturated rings. The topological polar surface area (TPSA) is 17.1 Å². The van der Waals surface area contributed by atoms with E-state index >= 15 is 0 Å². The Balaban J connectivity index is 4.17. The zero-order valence-corrected chi connectivity index (χ0v) is 6.41. The molecule has 50 valence electrons. The maximum Gasteiger partial charge on any atom is 0.210 e. The predicted molar refractivity (Wildman–Crippen MR) is 37.9 cm³/mol. The summed E-state index contributed by atoms with van der Waals surface area (Å²) in [4.78, 5) is 10.9. The summed E-state index contributed by atoms with van der Waals surface area (Å²) in [5.41, 5.74) is -0.303. The van der Waals surface area contributed by atoms with Crippen LogP contribution in [0.3, 0.4) is 0 Å². The van der Waals surface area contributed by atoms with E-state index in [0.717, 1.165) is 0 Å². The quantitative estimate of drug-likeness (QED) is 0.354. The van der Waals surface area contributed by atoms with Gasteiger partial charge in [0.05, 0.1) is 0 Å². The minimum atomic E-state index is -0.303. The standard InChI is InChI=1S/C8H12O/c1-5-6-7(9)8(2,3)4/h1-4H3. The maximum atomic E-state index is 10.9. The zero-order chi connectivity index (χ0) is 7.49. The highest BCUT2D eigenvalue weighted by Gasteiger charge is 2.18. The monoisotopic (exact) mass is 124 g/mol. The van der Waals surface area contributed by atoms with Crippen molar-refractivity contribution in [2.45, 2.75) is 27.7 Å². The van der Waals surface area contributed by atoms with Crippen molar-refractivity contribution in [2.24, 2.45) is 5.41 Å². The molecule has 0 aliphatic rings. The summed E-state index contributed by atoms with van der Waals surface area (Å²) in [7, 11) is 0. The summed E-state index contributed by atoms with van der Waals surface area (Å²) in [6.07, 6.45) is 0. The van der Waals surface area contributed by atoms with E-state index in [2.05, 4.69) is 11.8 Å². The highest BCUT2D eigenvalue weighted by molar-refractivity contribution is 5.99. The van der Waals surface area contributed by atoms with Crippen molar-refractivity contribution >= 4 is 5.78 Å². The third kappa shape index (κ3) is 2.92. The summed E-state index contributed by atoms with van der Waals surface area (Å²) in [5, 5.41) is 0. The van der Waals surface area contributed by atoms with E-state index in [1.165, 1.54) is 0 Å². The Morgan fingerprint density at radius 1 is 1.33 bits per heavy atom. The first-order chi connectivity index (χ1) is 3.98. The maximum absolute atomic E-state index is 10.9. The molecule has 9 heavy (non-hydrogen) atoms. The van der Waals surface area contributed by atoms with Crippen molar-refractivity contribution < 1.29 is 4.79 Å². The van der Waals surface area contributed by atoms with Gasteiger partial charge in [-0.15, -0.1) is 0 Å².